The molecule has 0 bridgehead atoms. The Labute approximate surface area is 177 Å². The van der Waals surface area contributed by atoms with Crippen molar-refractivity contribution in [1.82, 2.24) is 34.5 Å². The number of hydrogen-bond donors (Lipinski definition) is 0. The van der Waals surface area contributed by atoms with Gasteiger partial charge in [-0.1, -0.05) is 0 Å². The van der Waals surface area contributed by atoms with Crippen LogP contribution >= 0.6 is 0 Å². The van der Waals surface area contributed by atoms with Gasteiger partial charge in [-0.05, 0) is 49.8 Å². The van der Waals surface area contributed by atoms with Crippen LogP contribution in [0, 0.1) is 0 Å². The van der Waals surface area contributed by atoms with Gasteiger partial charge in [0.05, 0.1) is 11.4 Å². The van der Waals surface area contributed by atoms with Gasteiger partial charge in [-0.3, -0.25) is 9.58 Å². The molecule has 8 nitrogen and oxygen atoms in total. The Morgan fingerprint density at radius 3 is 2.61 bits per heavy atom. The highest BCUT2D eigenvalue weighted by molar-refractivity contribution is 5.46. The van der Waals surface area contributed by atoms with Crippen LogP contribution in [0.2, 0.25) is 0 Å². The lowest BCUT2D eigenvalue weighted by Gasteiger charge is -2.23. The number of aromatic nitrogens is 6. The molecule has 1 aliphatic carbocycles. The molecule has 1 aliphatic heterocycles. The van der Waals surface area contributed by atoms with Crippen LogP contribution in [0.4, 0.5) is 19.0 Å². The van der Waals surface area contributed by atoms with Gasteiger partial charge in [0, 0.05) is 39.8 Å². The van der Waals surface area contributed by atoms with Gasteiger partial charge in [0.15, 0.2) is 5.65 Å². The molecule has 0 spiro atoms. The molecule has 31 heavy (non-hydrogen) atoms. The summed E-state index contributed by atoms with van der Waals surface area (Å²) in [4.78, 5) is 4.45. The summed E-state index contributed by atoms with van der Waals surface area (Å²) in [5.74, 6) is -0.584. The average molecular weight is 434 g/mol. The first-order chi connectivity index (χ1) is 14.9. The quantitative estimate of drug-likeness (QED) is 0.631. The second-order valence-electron chi connectivity index (χ2n) is 8.30. The predicted octanol–water partition coefficient (Wildman–Crippen LogP) is 2.47. The van der Waals surface area contributed by atoms with Gasteiger partial charge < -0.3 is 4.90 Å². The second kappa shape index (κ2) is 7.77. The minimum atomic E-state index is -4.59. The third-order valence-electron chi connectivity index (χ3n) is 6.24. The van der Waals surface area contributed by atoms with Crippen LogP contribution in [0.25, 0.3) is 5.65 Å². The number of anilines is 1. The number of fused-ring (bicyclic) bond motifs is 2. The van der Waals surface area contributed by atoms with Crippen molar-refractivity contribution in [2.75, 3.05) is 31.1 Å². The summed E-state index contributed by atoms with van der Waals surface area (Å²) >= 11 is 0. The van der Waals surface area contributed by atoms with Crippen molar-refractivity contribution in [2.45, 2.75) is 44.8 Å². The van der Waals surface area contributed by atoms with Crippen molar-refractivity contribution in [3.05, 3.63) is 34.9 Å². The van der Waals surface area contributed by atoms with Gasteiger partial charge in [0.1, 0.15) is 5.82 Å². The van der Waals surface area contributed by atoms with Crippen molar-refractivity contribution < 1.29 is 13.2 Å². The molecule has 0 atom stereocenters. The van der Waals surface area contributed by atoms with E-state index in [1.807, 2.05) is 16.6 Å². The maximum Gasteiger partial charge on any atom is 0.453 e. The molecule has 0 aromatic carbocycles. The van der Waals surface area contributed by atoms with E-state index in [4.69, 9.17) is 5.10 Å². The zero-order valence-electron chi connectivity index (χ0n) is 17.4. The number of nitrogens with zero attached hydrogens (tertiary/aromatic N) is 8. The first-order valence-corrected chi connectivity index (χ1v) is 10.7. The van der Waals surface area contributed by atoms with Crippen LogP contribution in [0.3, 0.4) is 0 Å². The van der Waals surface area contributed by atoms with Gasteiger partial charge in [0.25, 0.3) is 5.82 Å². The Kier molecular flexibility index (Phi) is 5.07. The van der Waals surface area contributed by atoms with Gasteiger partial charge in [0.2, 0.25) is 0 Å². The lowest BCUT2D eigenvalue weighted by Crippen LogP contribution is -2.32. The molecule has 4 heterocycles. The highest BCUT2D eigenvalue weighted by atomic mass is 19.4. The van der Waals surface area contributed by atoms with Crippen LogP contribution in [0.1, 0.15) is 42.0 Å². The van der Waals surface area contributed by atoms with Crippen molar-refractivity contribution in [2.24, 2.45) is 7.05 Å². The molecule has 1 saturated heterocycles. The predicted molar refractivity (Wildman–Crippen MR) is 108 cm³/mol. The van der Waals surface area contributed by atoms with E-state index in [0.717, 1.165) is 50.0 Å². The van der Waals surface area contributed by atoms with E-state index in [1.165, 1.54) is 35.9 Å². The highest BCUT2D eigenvalue weighted by Gasteiger charge is 2.37. The van der Waals surface area contributed by atoms with Crippen molar-refractivity contribution in [3.63, 3.8) is 0 Å². The van der Waals surface area contributed by atoms with Gasteiger partial charge >= 0.3 is 6.18 Å². The Hall–Kier alpha value is -2.69. The first kappa shape index (κ1) is 20.2. The Morgan fingerprint density at radius 2 is 1.77 bits per heavy atom. The maximum absolute atomic E-state index is 13.2. The molecular weight excluding hydrogens is 409 g/mol. The minimum absolute atomic E-state index is 0.0912. The summed E-state index contributed by atoms with van der Waals surface area (Å²) in [5, 5.41) is 15.8. The van der Waals surface area contributed by atoms with Crippen LogP contribution < -0.4 is 4.90 Å². The minimum Gasteiger partial charge on any atom is -0.354 e. The fraction of sp³-hybridized carbons (Fsp3) is 0.600. The Balaban J connectivity index is 1.32. The van der Waals surface area contributed by atoms with E-state index >= 15 is 0 Å². The molecule has 3 aromatic rings. The summed E-state index contributed by atoms with van der Waals surface area (Å²) < 4.78 is 42.4. The van der Waals surface area contributed by atoms with E-state index in [2.05, 4.69) is 20.2 Å². The number of halogens is 3. The smallest absolute Gasteiger partial charge is 0.354 e. The monoisotopic (exact) mass is 434 g/mol. The lowest BCUT2D eigenvalue weighted by molar-refractivity contribution is -0.146. The summed E-state index contributed by atoms with van der Waals surface area (Å²) in [6.45, 7) is 4.03. The van der Waals surface area contributed by atoms with Crippen molar-refractivity contribution in [1.29, 1.82) is 0 Å². The molecule has 3 aromatic heterocycles. The van der Waals surface area contributed by atoms with Gasteiger partial charge in [-0.2, -0.15) is 22.8 Å². The number of aryl methyl sites for hydroxylation is 2. The van der Waals surface area contributed by atoms with E-state index in [1.54, 1.807) is 6.07 Å². The SMILES string of the molecule is Cn1nc2c(c1CN1CCCN(c3ccc4nnc(C(F)(F)F)n4n3)CC1)CCCC2. The molecule has 11 heteroatoms. The average Bonchev–Trinajstić information content (AvgIpc) is 3.21. The summed E-state index contributed by atoms with van der Waals surface area (Å²) in [5.41, 5.74) is 4.04. The van der Waals surface area contributed by atoms with Gasteiger partial charge in [-0.15, -0.1) is 15.3 Å². The van der Waals surface area contributed by atoms with Crippen LogP contribution in [0.5, 0.6) is 0 Å². The van der Waals surface area contributed by atoms with E-state index in [-0.39, 0.29) is 5.65 Å². The lowest BCUT2D eigenvalue weighted by atomic mass is 9.96. The maximum atomic E-state index is 13.2. The first-order valence-electron chi connectivity index (χ1n) is 10.7. The standard InChI is InChI=1S/C20H25F3N8/c1-28-16(14-5-2-3-6-15(14)26-28)13-29-9-4-10-30(12-11-29)18-8-7-17-24-25-19(20(21,22)23)31(17)27-18/h7-8H,2-6,9-13H2,1H3. The van der Waals surface area contributed by atoms with Gasteiger partial charge in [-0.25, -0.2) is 0 Å². The summed E-state index contributed by atoms with van der Waals surface area (Å²) in [6.07, 6.45) is 0.909. The third-order valence-corrected chi connectivity index (χ3v) is 6.24. The molecular formula is C20H25F3N8. The molecule has 2 aliphatic rings. The van der Waals surface area contributed by atoms with E-state index in [9.17, 15) is 13.2 Å². The fourth-order valence-corrected chi connectivity index (χ4v) is 4.64. The largest absolute Gasteiger partial charge is 0.453 e. The molecule has 0 radical (unpaired) electrons. The topological polar surface area (TPSA) is 67.4 Å². The molecule has 5 rings (SSSR count). The zero-order valence-corrected chi connectivity index (χ0v) is 17.4. The summed E-state index contributed by atoms with van der Waals surface area (Å²) in [7, 11) is 2.02. The zero-order chi connectivity index (χ0) is 21.6. The Morgan fingerprint density at radius 1 is 0.935 bits per heavy atom. The van der Waals surface area contributed by atoms with Crippen molar-refractivity contribution >= 4 is 11.5 Å². The van der Waals surface area contributed by atoms with E-state index < -0.39 is 12.0 Å². The number of rotatable bonds is 3. The van der Waals surface area contributed by atoms with Crippen LogP contribution in [0.15, 0.2) is 12.1 Å². The fourth-order valence-electron chi connectivity index (χ4n) is 4.64. The molecule has 1 fully saturated rings. The number of alkyl halides is 3. The molecule has 0 saturated carbocycles. The molecule has 0 unspecified atom stereocenters. The van der Waals surface area contributed by atoms with Crippen LogP contribution in [-0.2, 0) is 32.6 Å². The molecule has 166 valence electrons. The Bertz CT molecular complexity index is 1090. The van der Waals surface area contributed by atoms with Crippen molar-refractivity contribution in [3.8, 4) is 0 Å². The highest BCUT2D eigenvalue weighted by Crippen LogP contribution is 2.28. The van der Waals surface area contributed by atoms with E-state index in [0.29, 0.717) is 12.4 Å². The summed E-state index contributed by atoms with van der Waals surface area (Å²) in [6, 6.07) is 3.26. The van der Waals surface area contributed by atoms with Crippen LogP contribution in [-0.4, -0.2) is 60.7 Å². The number of hydrogen-bond acceptors (Lipinski definition) is 6. The molecule has 0 N–H and O–H groups in total. The third kappa shape index (κ3) is 3.86. The second-order valence-corrected chi connectivity index (χ2v) is 8.30. The normalized spacial score (nSPS) is 18.4. The molecule has 0 amide bonds.